The highest BCUT2D eigenvalue weighted by Crippen LogP contribution is 2.39. The van der Waals surface area contributed by atoms with E-state index in [4.69, 9.17) is 9.97 Å². The number of rotatable bonds is 5. The molecule has 1 aliphatic rings. The van der Waals surface area contributed by atoms with Gasteiger partial charge in [0.1, 0.15) is 10.6 Å². The molecule has 1 aromatic carbocycles. The third-order valence-electron chi connectivity index (χ3n) is 6.01. The summed E-state index contributed by atoms with van der Waals surface area (Å²) in [6.07, 6.45) is 3.51. The number of amides is 1. The number of hydrogen-bond donors (Lipinski definition) is 0. The van der Waals surface area contributed by atoms with Crippen LogP contribution in [0.1, 0.15) is 0 Å². The Labute approximate surface area is 197 Å². The summed E-state index contributed by atoms with van der Waals surface area (Å²) >= 11 is 1.60. The van der Waals surface area contributed by atoms with E-state index in [-0.39, 0.29) is 12.5 Å². The molecule has 1 amide bonds. The number of aromatic nitrogens is 3. The van der Waals surface area contributed by atoms with Crippen LogP contribution >= 0.6 is 11.3 Å². The fourth-order valence-corrected chi connectivity index (χ4v) is 5.03. The van der Waals surface area contributed by atoms with Crippen LogP contribution in [0.15, 0.2) is 60.2 Å². The molecule has 4 aromatic rings. The molecule has 0 unspecified atom stereocenters. The summed E-state index contributed by atoms with van der Waals surface area (Å²) in [4.78, 5) is 34.2. The Bertz CT molecular complexity index is 1250. The molecule has 1 fully saturated rings. The smallest absolute Gasteiger partial charge is 0.242 e. The Morgan fingerprint density at radius 1 is 1.03 bits per heavy atom. The minimum absolute atomic E-state index is 0.122. The van der Waals surface area contributed by atoms with Crippen molar-refractivity contribution in [1.29, 1.82) is 0 Å². The van der Waals surface area contributed by atoms with Gasteiger partial charge in [-0.05, 0) is 24.7 Å². The van der Waals surface area contributed by atoms with Crippen molar-refractivity contribution in [2.75, 3.05) is 51.7 Å². The summed E-state index contributed by atoms with van der Waals surface area (Å²) in [6, 6.07) is 14.1. The number of anilines is 1. The summed E-state index contributed by atoms with van der Waals surface area (Å²) in [6.45, 7) is 3.60. The van der Waals surface area contributed by atoms with Gasteiger partial charge in [0.15, 0.2) is 5.82 Å². The van der Waals surface area contributed by atoms with Crippen LogP contribution in [0, 0.1) is 0 Å². The van der Waals surface area contributed by atoms with E-state index in [2.05, 4.69) is 34.4 Å². The Morgan fingerprint density at radius 2 is 1.79 bits per heavy atom. The molecule has 33 heavy (non-hydrogen) atoms. The van der Waals surface area contributed by atoms with Gasteiger partial charge in [0.25, 0.3) is 0 Å². The largest absolute Gasteiger partial charge is 0.350 e. The average molecular weight is 459 g/mol. The third-order valence-corrected chi connectivity index (χ3v) is 6.88. The molecule has 0 radical (unpaired) electrons. The van der Waals surface area contributed by atoms with Crippen molar-refractivity contribution in [3.8, 4) is 22.5 Å². The van der Waals surface area contributed by atoms with Crippen LogP contribution < -0.4 is 4.90 Å². The number of pyridine rings is 1. The van der Waals surface area contributed by atoms with Crippen molar-refractivity contribution in [3.05, 3.63) is 60.2 Å². The second-order valence-corrected chi connectivity index (χ2v) is 9.21. The average Bonchev–Trinajstić information content (AvgIpc) is 3.29. The first-order valence-electron chi connectivity index (χ1n) is 11.0. The summed E-state index contributed by atoms with van der Waals surface area (Å²) in [5.74, 6) is 1.50. The van der Waals surface area contributed by atoms with Crippen molar-refractivity contribution in [1.82, 2.24) is 24.8 Å². The van der Waals surface area contributed by atoms with Gasteiger partial charge in [-0.2, -0.15) is 0 Å². The predicted octanol–water partition coefficient (Wildman–Crippen LogP) is 3.63. The van der Waals surface area contributed by atoms with Gasteiger partial charge in [0.2, 0.25) is 5.91 Å². The second-order valence-electron chi connectivity index (χ2n) is 8.35. The number of likely N-dealkylation sites (N-methyl/N-ethyl adjacent to an activating group) is 2. The van der Waals surface area contributed by atoms with E-state index < -0.39 is 0 Å². The summed E-state index contributed by atoms with van der Waals surface area (Å²) in [7, 11) is 4.03. The highest BCUT2D eigenvalue weighted by atomic mass is 32.1. The van der Waals surface area contributed by atoms with Crippen LogP contribution in [-0.4, -0.2) is 77.5 Å². The lowest BCUT2D eigenvalue weighted by Gasteiger charge is -2.33. The molecule has 1 saturated heterocycles. The van der Waals surface area contributed by atoms with Crippen molar-refractivity contribution >= 4 is 33.3 Å². The van der Waals surface area contributed by atoms with Gasteiger partial charge in [0, 0.05) is 62.1 Å². The number of benzene rings is 1. The molecule has 3 aromatic heterocycles. The molecule has 5 rings (SSSR count). The molecule has 1 aliphatic heterocycles. The normalized spacial score (nSPS) is 14.5. The molecule has 0 saturated carbocycles. The number of fused-ring (bicyclic) bond motifs is 1. The van der Waals surface area contributed by atoms with Gasteiger partial charge in [-0.15, -0.1) is 11.3 Å². The number of carbonyl (C=O) groups is 1. The first-order chi connectivity index (χ1) is 16.1. The van der Waals surface area contributed by atoms with Crippen LogP contribution in [0.25, 0.3) is 32.7 Å². The lowest BCUT2D eigenvalue weighted by Crippen LogP contribution is -2.49. The van der Waals surface area contributed by atoms with Crippen LogP contribution in [0.2, 0.25) is 0 Å². The third kappa shape index (κ3) is 4.44. The van der Waals surface area contributed by atoms with E-state index in [0.29, 0.717) is 5.82 Å². The quantitative estimate of drug-likeness (QED) is 0.455. The lowest BCUT2D eigenvalue weighted by molar-refractivity contribution is -0.131. The topological polar surface area (TPSA) is 65.5 Å². The van der Waals surface area contributed by atoms with Gasteiger partial charge >= 0.3 is 0 Å². The highest BCUT2D eigenvalue weighted by molar-refractivity contribution is 7.17. The Balaban J connectivity index is 1.55. The standard InChI is InChI=1S/C25H26N6OS/c1-29-11-13-31(14-12-29)21(32)16-30(2)24-22-20(18-7-4-3-5-8-18)17-33-25(22)28-23(27-24)19-9-6-10-26-15-19/h3-10,15,17H,11-14,16H2,1-2H3. The molecular formula is C25H26N6OS. The molecular weight excluding hydrogens is 432 g/mol. The van der Waals surface area contributed by atoms with Gasteiger partial charge in [-0.3, -0.25) is 9.78 Å². The van der Waals surface area contributed by atoms with Crippen molar-refractivity contribution < 1.29 is 4.79 Å². The van der Waals surface area contributed by atoms with E-state index in [0.717, 1.165) is 58.9 Å². The molecule has 4 heterocycles. The fourth-order valence-electron chi connectivity index (χ4n) is 4.09. The zero-order valence-corrected chi connectivity index (χ0v) is 19.6. The molecule has 7 nitrogen and oxygen atoms in total. The summed E-state index contributed by atoms with van der Waals surface area (Å²) < 4.78 is 0. The van der Waals surface area contributed by atoms with Crippen LogP contribution in [0.3, 0.4) is 0 Å². The number of hydrogen-bond acceptors (Lipinski definition) is 7. The van der Waals surface area contributed by atoms with Crippen molar-refractivity contribution in [3.63, 3.8) is 0 Å². The molecule has 0 spiro atoms. The number of piperazine rings is 1. The minimum Gasteiger partial charge on any atom is -0.350 e. The van der Waals surface area contributed by atoms with E-state index in [1.165, 1.54) is 0 Å². The molecule has 168 valence electrons. The number of thiophene rings is 1. The van der Waals surface area contributed by atoms with E-state index in [9.17, 15) is 4.79 Å². The fraction of sp³-hybridized carbons (Fsp3) is 0.280. The molecule has 0 bridgehead atoms. The first kappa shape index (κ1) is 21.5. The van der Waals surface area contributed by atoms with Gasteiger partial charge in [-0.1, -0.05) is 30.3 Å². The number of nitrogens with zero attached hydrogens (tertiary/aromatic N) is 6. The van der Waals surface area contributed by atoms with Crippen molar-refractivity contribution in [2.24, 2.45) is 0 Å². The number of carbonyl (C=O) groups excluding carboxylic acids is 1. The van der Waals surface area contributed by atoms with E-state index in [1.807, 2.05) is 47.2 Å². The minimum atomic E-state index is 0.122. The van der Waals surface area contributed by atoms with Gasteiger partial charge in [0.05, 0.1) is 11.9 Å². The van der Waals surface area contributed by atoms with Crippen LogP contribution in [0.5, 0.6) is 0 Å². The van der Waals surface area contributed by atoms with Gasteiger partial charge in [-0.25, -0.2) is 9.97 Å². The van der Waals surface area contributed by atoms with Crippen molar-refractivity contribution in [2.45, 2.75) is 0 Å². The summed E-state index contributed by atoms with van der Waals surface area (Å²) in [5.41, 5.74) is 3.05. The molecule has 0 aliphatic carbocycles. The zero-order chi connectivity index (χ0) is 22.8. The Kier molecular flexibility index (Phi) is 6.02. The lowest BCUT2D eigenvalue weighted by atomic mass is 10.1. The zero-order valence-electron chi connectivity index (χ0n) is 18.8. The van der Waals surface area contributed by atoms with E-state index in [1.54, 1.807) is 23.7 Å². The predicted molar refractivity (Wildman–Crippen MR) is 133 cm³/mol. The maximum atomic E-state index is 13.1. The second kappa shape index (κ2) is 9.25. The van der Waals surface area contributed by atoms with E-state index >= 15 is 0 Å². The van der Waals surface area contributed by atoms with Crippen LogP contribution in [-0.2, 0) is 4.79 Å². The highest BCUT2D eigenvalue weighted by Gasteiger charge is 2.23. The molecule has 0 N–H and O–H groups in total. The van der Waals surface area contributed by atoms with Crippen LogP contribution in [0.4, 0.5) is 5.82 Å². The molecule has 8 heteroatoms. The summed E-state index contributed by atoms with van der Waals surface area (Å²) in [5, 5.41) is 3.11. The maximum Gasteiger partial charge on any atom is 0.242 e. The molecule has 0 atom stereocenters. The monoisotopic (exact) mass is 458 g/mol. The van der Waals surface area contributed by atoms with Gasteiger partial charge < -0.3 is 14.7 Å². The maximum absolute atomic E-state index is 13.1. The first-order valence-corrected chi connectivity index (χ1v) is 11.9. The Morgan fingerprint density at radius 3 is 2.52 bits per heavy atom. The Hall–Kier alpha value is -3.36. The SMILES string of the molecule is CN1CCN(C(=O)CN(C)c2nc(-c3cccnc3)nc3scc(-c4ccccc4)c23)CC1.